The van der Waals surface area contributed by atoms with Gasteiger partial charge in [-0.05, 0) is 51.2 Å². The van der Waals surface area contributed by atoms with Crippen LogP contribution in [0.1, 0.15) is 119 Å². The highest BCUT2D eigenvalue weighted by atomic mass is 31.1. The molecule has 0 aliphatic carbocycles. The first kappa shape index (κ1) is 30.5. The fraction of sp³-hybridized carbons (Fsp3) is 0.724. The fourth-order valence-corrected chi connectivity index (χ4v) is 5.72. The quantitative estimate of drug-likeness (QED) is 0.0949. The van der Waals surface area contributed by atoms with Crippen LogP contribution >= 0.6 is 8.46 Å². The van der Waals surface area contributed by atoms with Crippen LogP contribution in [0.25, 0.3) is 0 Å². The zero-order valence-electron chi connectivity index (χ0n) is 22.7. The van der Waals surface area contributed by atoms with Gasteiger partial charge in [0.15, 0.2) is 19.4 Å². The van der Waals surface area contributed by atoms with Crippen LogP contribution in [-0.2, 0) is 14.1 Å². The molecule has 1 aromatic rings. The Hall–Kier alpha value is -1.54. The van der Waals surface area contributed by atoms with Crippen LogP contribution in [0.4, 0.5) is 0 Å². The maximum absolute atomic E-state index is 13.7. The van der Waals surface area contributed by atoms with Gasteiger partial charge in [0, 0.05) is 5.56 Å². The van der Waals surface area contributed by atoms with Crippen molar-refractivity contribution in [3.8, 4) is 0 Å². The van der Waals surface area contributed by atoms with Gasteiger partial charge in [0.2, 0.25) is 0 Å². The number of Topliss-reactive ketones (excluding diaryl/α,β-unsaturated/α-hetero) is 1. The summed E-state index contributed by atoms with van der Waals surface area (Å²) in [5.74, 6) is -1.57. The normalized spacial score (nSPS) is 14.2. The number of hydrogen-bond acceptors (Lipinski definition) is 4. The molecule has 0 fully saturated rings. The van der Waals surface area contributed by atoms with Gasteiger partial charge in [-0.25, -0.2) is 0 Å². The standard InChI is InChI=1S/C29H47O4P/c1-8-9-10-11-12-13-14-15-16-17-18-33-28(31)29(7,34-32)26(21(2)3)27(30)25-23(5)19-22(4)20-24(25)6/h19-21,26H,8-18H2,1-7H3. The van der Waals surface area contributed by atoms with Crippen LogP contribution < -0.4 is 0 Å². The van der Waals surface area contributed by atoms with Crippen molar-refractivity contribution in [2.24, 2.45) is 11.8 Å². The lowest BCUT2D eigenvalue weighted by Crippen LogP contribution is -2.46. The summed E-state index contributed by atoms with van der Waals surface area (Å²) in [5, 5.41) is -1.41. The largest absolute Gasteiger partial charge is 0.465 e. The molecule has 0 spiro atoms. The number of ketones is 1. The van der Waals surface area contributed by atoms with E-state index in [0.717, 1.165) is 36.0 Å². The Morgan fingerprint density at radius 1 is 0.882 bits per heavy atom. The number of unbranched alkanes of at least 4 members (excludes halogenated alkanes) is 9. The van der Waals surface area contributed by atoms with E-state index in [0.29, 0.717) is 12.2 Å². The van der Waals surface area contributed by atoms with Crippen LogP contribution in [0.15, 0.2) is 12.1 Å². The van der Waals surface area contributed by atoms with E-state index in [-0.39, 0.29) is 20.2 Å². The molecule has 0 bridgehead atoms. The average molecular weight is 491 g/mol. The smallest absolute Gasteiger partial charge is 0.324 e. The van der Waals surface area contributed by atoms with Gasteiger partial charge < -0.3 is 4.74 Å². The van der Waals surface area contributed by atoms with E-state index in [1.807, 2.05) is 46.8 Å². The third-order valence-electron chi connectivity index (χ3n) is 6.81. The average Bonchev–Trinajstić information content (AvgIpc) is 2.76. The molecule has 0 amide bonds. The predicted molar refractivity (Wildman–Crippen MR) is 142 cm³/mol. The van der Waals surface area contributed by atoms with Crippen molar-refractivity contribution in [2.45, 2.75) is 118 Å². The molecule has 4 nitrogen and oxygen atoms in total. The van der Waals surface area contributed by atoms with Crippen molar-refractivity contribution in [3.05, 3.63) is 34.4 Å². The van der Waals surface area contributed by atoms with E-state index < -0.39 is 17.0 Å². The number of hydrogen-bond donors (Lipinski definition) is 0. The van der Waals surface area contributed by atoms with Gasteiger partial charge >= 0.3 is 5.97 Å². The van der Waals surface area contributed by atoms with Crippen LogP contribution in [0, 0.1) is 32.6 Å². The molecule has 2 atom stereocenters. The molecule has 5 heteroatoms. The highest BCUT2D eigenvalue weighted by molar-refractivity contribution is 7.27. The van der Waals surface area contributed by atoms with E-state index in [1.165, 1.54) is 44.9 Å². The van der Waals surface area contributed by atoms with Gasteiger partial charge in [0.25, 0.3) is 0 Å². The first-order valence-electron chi connectivity index (χ1n) is 13.2. The second-order valence-corrected chi connectivity index (χ2v) is 11.5. The first-order valence-corrected chi connectivity index (χ1v) is 14.0. The molecular weight excluding hydrogens is 443 g/mol. The summed E-state index contributed by atoms with van der Waals surface area (Å²) in [6.45, 7) is 13.8. The van der Waals surface area contributed by atoms with Gasteiger partial charge in [-0.2, -0.15) is 0 Å². The minimum atomic E-state index is -1.41. The lowest BCUT2D eigenvalue weighted by molar-refractivity contribution is -0.148. The highest BCUT2D eigenvalue weighted by Gasteiger charge is 2.49. The topological polar surface area (TPSA) is 60.4 Å². The summed E-state index contributed by atoms with van der Waals surface area (Å²) in [6.07, 6.45) is 12.0. The number of aryl methyl sites for hydroxylation is 3. The van der Waals surface area contributed by atoms with Gasteiger partial charge in [-0.3, -0.25) is 14.2 Å². The number of carbonyl (C=O) groups excluding carboxylic acids is 2. The summed E-state index contributed by atoms with van der Waals surface area (Å²) in [4.78, 5) is 26.7. The Kier molecular flexibility index (Phi) is 13.9. The maximum atomic E-state index is 13.7. The van der Waals surface area contributed by atoms with Crippen molar-refractivity contribution in [1.29, 1.82) is 0 Å². The second-order valence-electron chi connectivity index (χ2n) is 10.4. The number of ether oxygens (including phenoxy) is 1. The van der Waals surface area contributed by atoms with Crippen LogP contribution in [-0.4, -0.2) is 23.5 Å². The number of benzene rings is 1. The van der Waals surface area contributed by atoms with E-state index in [9.17, 15) is 14.2 Å². The van der Waals surface area contributed by atoms with Gasteiger partial charge in [-0.1, -0.05) is 96.3 Å². The highest BCUT2D eigenvalue weighted by Crippen LogP contribution is 2.40. The van der Waals surface area contributed by atoms with Gasteiger partial charge in [0.1, 0.15) is 0 Å². The van der Waals surface area contributed by atoms with Crippen molar-refractivity contribution < 1.29 is 18.9 Å². The molecule has 1 aromatic carbocycles. The molecule has 0 aliphatic rings. The van der Waals surface area contributed by atoms with Crippen molar-refractivity contribution >= 4 is 20.2 Å². The summed E-state index contributed by atoms with van der Waals surface area (Å²) in [5.41, 5.74) is 3.49. The number of carbonyl (C=O) groups is 2. The van der Waals surface area contributed by atoms with Gasteiger partial charge in [0.05, 0.1) is 12.5 Å². The Balaban J connectivity index is 2.69. The van der Waals surface area contributed by atoms with E-state index >= 15 is 0 Å². The van der Waals surface area contributed by atoms with Crippen molar-refractivity contribution in [2.75, 3.05) is 6.61 Å². The molecule has 0 aromatic heterocycles. The first-order chi connectivity index (χ1) is 16.1. The summed E-state index contributed by atoms with van der Waals surface area (Å²) in [7, 11) is -0.379. The lowest BCUT2D eigenvalue weighted by Gasteiger charge is -2.32. The van der Waals surface area contributed by atoms with Crippen molar-refractivity contribution in [1.82, 2.24) is 0 Å². The Bertz CT molecular complexity index is 778. The number of rotatable bonds is 17. The monoisotopic (exact) mass is 490 g/mol. The van der Waals surface area contributed by atoms with E-state index in [4.69, 9.17) is 4.74 Å². The van der Waals surface area contributed by atoms with Crippen LogP contribution in [0.3, 0.4) is 0 Å². The van der Waals surface area contributed by atoms with Crippen LogP contribution in [0.5, 0.6) is 0 Å². The fourth-order valence-electron chi connectivity index (χ4n) is 5.05. The lowest BCUT2D eigenvalue weighted by atomic mass is 9.76. The molecule has 0 N–H and O–H groups in total. The summed E-state index contributed by atoms with van der Waals surface area (Å²) in [6, 6.07) is 3.96. The molecule has 0 saturated carbocycles. The molecule has 0 heterocycles. The van der Waals surface area contributed by atoms with Crippen LogP contribution in [0.2, 0.25) is 0 Å². The molecule has 0 saturated heterocycles. The molecule has 34 heavy (non-hydrogen) atoms. The Morgan fingerprint density at radius 3 is 1.79 bits per heavy atom. The van der Waals surface area contributed by atoms with Gasteiger partial charge in [-0.15, -0.1) is 0 Å². The molecular formula is C29H47O4P. The third kappa shape index (κ3) is 8.91. The molecule has 2 unspecified atom stereocenters. The molecule has 1 rings (SSSR count). The Labute approximate surface area is 209 Å². The third-order valence-corrected chi connectivity index (χ3v) is 7.65. The Morgan fingerprint density at radius 2 is 1.35 bits per heavy atom. The summed E-state index contributed by atoms with van der Waals surface area (Å²) < 4.78 is 17.9. The number of esters is 1. The minimum absolute atomic E-state index is 0.133. The minimum Gasteiger partial charge on any atom is -0.465 e. The van der Waals surface area contributed by atoms with Crippen molar-refractivity contribution in [3.63, 3.8) is 0 Å². The zero-order chi connectivity index (χ0) is 25.7. The summed E-state index contributed by atoms with van der Waals surface area (Å²) >= 11 is 0. The predicted octanol–water partition coefficient (Wildman–Crippen LogP) is 8.58. The maximum Gasteiger partial charge on any atom is 0.324 e. The SMILES string of the molecule is CCCCCCCCCCCCOC(=O)C(C)(P=O)C(C(=O)c1c(C)cc(C)cc1C)C(C)C. The van der Waals surface area contributed by atoms with E-state index in [2.05, 4.69) is 6.92 Å². The molecule has 0 radical (unpaired) electrons. The second kappa shape index (κ2) is 15.5. The van der Waals surface area contributed by atoms with E-state index in [1.54, 1.807) is 6.92 Å². The molecule has 192 valence electrons. The molecule has 0 aliphatic heterocycles. The zero-order valence-corrected chi connectivity index (χ0v) is 23.6.